The van der Waals surface area contributed by atoms with Crippen molar-refractivity contribution in [3.05, 3.63) is 59.2 Å². The Balaban J connectivity index is 1.40. The molecular formula is C26H32F2. The lowest BCUT2D eigenvalue weighted by atomic mass is 9.69. The number of rotatable bonds is 5. The van der Waals surface area contributed by atoms with E-state index in [4.69, 9.17) is 0 Å². The quantitative estimate of drug-likeness (QED) is 0.496. The average Bonchev–Trinajstić information content (AvgIpc) is 2.74. The van der Waals surface area contributed by atoms with Crippen LogP contribution < -0.4 is 0 Å². The van der Waals surface area contributed by atoms with Gasteiger partial charge < -0.3 is 0 Å². The van der Waals surface area contributed by atoms with E-state index in [1.54, 1.807) is 6.07 Å². The summed E-state index contributed by atoms with van der Waals surface area (Å²) in [5, 5.41) is 0. The highest BCUT2D eigenvalue weighted by Gasteiger charge is 2.30. The lowest BCUT2D eigenvalue weighted by molar-refractivity contribution is 0.183. The zero-order valence-electron chi connectivity index (χ0n) is 17.0. The molecule has 2 heteroatoms. The molecule has 2 aliphatic rings. The van der Waals surface area contributed by atoms with Gasteiger partial charge in [0.05, 0.1) is 0 Å². The molecule has 0 saturated heterocycles. The van der Waals surface area contributed by atoms with E-state index >= 15 is 0 Å². The molecule has 1 atom stereocenters. The van der Waals surface area contributed by atoms with Crippen molar-refractivity contribution in [3.8, 4) is 11.1 Å². The normalized spacial score (nSPS) is 24.8. The molecule has 0 radical (unpaired) electrons. The summed E-state index contributed by atoms with van der Waals surface area (Å²) < 4.78 is 26.8. The molecule has 0 heterocycles. The van der Waals surface area contributed by atoms with Gasteiger partial charge in [-0.05, 0) is 84.2 Å². The Morgan fingerprint density at radius 2 is 1.54 bits per heavy atom. The van der Waals surface area contributed by atoms with Crippen LogP contribution >= 0.6 is 0 Å². The molecule has 0 aromatic heterocycles. The zero-order valence-corrected chi connectivity index (χ0v) is 17.0. The second-order valence-corrected chi connectivity index (χ2v) is 9.04. The topological polar surface area (TPSA) is 0 Å². The third-order valence-corrected chi connectivity index (χ3v) is 7.25. The summed E-state index contributed by atoms with van der Waals surface area (Å²) >= 11 is 0. The zero-order chi connectivity index (χ0) is 19.5. The van der Waals surface area contributed by atoms with Crippen LogP contribution in [0, 0.1) is 29.4 Å². The van der Waals surface area contributed by atoms with Crippen LogP contribution in [0.2, 0.25) is 0 Å². The number of halogens is 2. The fourth-order valence-electron chi connectivity index (χ4n) is 5.48. The molecule has 0 nitrogen and oxygen atoms in total. The first-order chi connectivity index (χ1) is 13.6. The first-order valence-corrected chi connectivity index (χ1v) is 11.2. The maximum Gasteiger partial charge on any atom is 0.159 e. The highest BCUT2D eigenvalue weighted by Crippen LogP contribution is 2.41. The van der Waals surface area contributed by atoms with Crippen LogP contribution in [0.25, 0.3) is 11.1 Å². The Bertz CT molecular complexity index is 802. The smallest absolute Gasteiger partial charge is 0.159 e. The summed E-state index contributed by atoms with van der Waals surface area (Å²) in [5.74, 6) is 1.15. The predicted molar refractivity (Wildman–Crippen MR) is 112 cm³/mol. The molecule has 2 aliphatic carbocycles. The highest BCUT2D eigenvalue weighted by molar-refractivity contribution is 5.65. The predicted octanol–water partition coefficient (Wildman–Crippen LogP) is 7.73. The SMILES string of the molecule is CCCCC1CCC(C2CCc3cc(-c4ccc(F)c(F)c4)ccc3C2)CC1. The molecule has 0 bridgehead atoms. The molecule has 0 spiro atoms. The van der Waals surface area contributed by atoms with Gasteiger partial charge in [-0.15, -0.1) is 0 Å². The number of hydrogen-bond donors (Lipinski definition) is 0. The molecule has 1 fully saturated rings. The minimum absolute atomic E-state index is 0.759. The third kappa shape index (κ3) is 4.31. The van der Waals surface area contributed by atoms with Gasteiger partial charge in [0.2, 0.25) is 0 Å². The van der Waals surface area contributed by atoms with Crippen molar-refractivity contribution in [3.63, 3.8) is 0 Å². The Morgan fingerprint density at radius 1 is 0.786 bits per heavy atom. The van der Waals surface area contributed by atoms with Crippen molar-refractivity contribution in [2.45, 2.75) is 71.1 Å². The lowest BCUT2D eigenvalue weighted by Gasteiger charge is -2.36. The van der Waals surface area contributed by atoms with Gasteiger partial charge >= 0.3 is 0 Å². The van der Waals surface area contributed by atoms with Crippen molar-refractivity contribution in [2.24, 2.45) is 17.8 Å². The highest BCUT2D eigenvalue weighted by atomic mass is 19.2. The number of benzene rings is 2. The van der Waals surface area contributed by atoms with Crippen LogP contribution in [0.1, 0.15) is 69.4 Å². The van der Waals surface area contributed by atoms with Gasteiger partial charge in [-0.3, -0.25) is 0 Å². The summed E-state index contributed by atoms with van der Waals surface area (Å²) in [6.45, 7) is 2.29. The Kier molecular flexibility index (Phi) is 6.13. The second kappa shape index (κ2) is 8.76. The molecule has 0 amide bonds. The number of hydrogen-bond acceptors (Lipinski definition) is 0. The second-order valence-electron chi connectivity index (χ2n) is 9.04. The van der Waals surface area contributed by atoms with Crippen LogP contribution in [0.5, 0.6) is 0 Å². The van der Waals surface area contributed by atoms with E-state index in [1.807, 2.05) is 0 Å². The largest absolute Gasteiger partial charge is 0.204 e. The van der Waals surface area contributed by atoms with Crippen molar-refractivity contribution in [2.75, 3.05) is 0 Å². The lowest BCUT2D eigenvalue weighted by Crippen LogP contribution is -2.26. The minimum Gasteiger partial charge on any atom is -0.204 e. The molecule has 150 valence electrons. The maximum absolute atomic E-state index is 13.6. The van der Waals surface area contributed by atoms with Crippen LogP contribution in [0.15, 0.2) is 36.4 Å². The van der Waals surface area contributed by atoms with E-state index in [0.717, 1.165) is 35.3 Å². The summed E-state index contributed by atoms with van der Waals surface area (Å²) in [6, 6.07) is 10.7. The van der Waals surface area contributed by atoms with E-state index in [9.17, 15) is 8.78 Å². The van der Waals surface area contributed by atoms with Gasteiger partial charge in [-0.1, -0.05) is 63.3 Å². The Morgan fingerprint density at radius 3 is 2.29 bits per heavy atom. The molecule has 1 unspecified atom stereocenters. The van der Waals surface area contributed by atoms with Crippen molar-refractivity contribution in [1.29, 1.82) is 0 Å². The Labute approximate surface area is 168 Å². The van der Waals surface area contributed by atoms with Crippen LogP contribution in [0.3, 0.4) is 0 Å². The maximum atomic E-state index is 13.6. The average molecular weight is 383 g/mol. The van der Waals surface area contributed by atoms with Gasteiger partial charge in [0.25, 0.3) is 0 Å². The van der Waals surface area contributed by atoms with Gasteiger partial charge in [-0.2, -0.15) is 0 Å². The molecule has 0 aliphatic heterocycles. The molecule has 2 aromatic rings. The minimum atomic E-state index is -0.783. The Hall–Kier alpha value is -1.70. The van der Waals surface area contributed by atoms with Gasteiger partial charge in [0.1, 0.15) is 0 Å². The molecule has 4 rings (SSSR count). The summed E-state index contributed by atoms with van der Waals surface area (Å²) in [7, 11) is 0. The number of fused-ring (bicyclic) bond motifs is 1. The van der Waals surface area contributed by atoms with E-state index in [0.29, 0.717) is 0 Å². The molecule has 0 N–H and O–H groups in total. The van der Waals surface area contributed by atoms with Gasteiger partial charge in [0, 0.05) is 0 Å². The fraction of sp³-hybridized carbons (Fsp3) is 0.538. The van der Waals surface area contributed by atoms with Crippen LogP contribution in [0.4, 0.5) is 8.78 Å². The standard InChI is InChI=1S/C26H32F2/c1-2-3-4-18-5-7-19(8-6-18)20-9-10-22-16-23(12-11-21(22)15-20)24-13-14-25(27)26(28)17-24/h11-14,16-20H,2-10,15H2,1H3. The summed E-state index contributed by atoms with van der Waals surface area (Å²) in [5.41, 5.74) is 4.62. The fourth-order valence-corrected chi connectivity index (χ4v) is 5.48. The van der Waals surface area contributed by atoms with Crippen molar-refractivity contribution >= 4 is 0 Å². The summed E-state index contributed by atoms with van der Waals surface area (Å²) in [4.78, 5) is 0. The van der Waals surface area contributed by atoms with Crippen LogP contribution in [-0.2, 0) is 12.8 Å². The van der Waals surface area contributed by atoms with E-state index in [-0.39, 0.29) is 0 Å². The molecular weight excluding hydrogens is 350 g/mol. The van der Waals surface area contributed by atoms with Crippen molar-refractivity contribution < 1.29 is 8.78 Å². The number of unbranched alkanes of at least 4 members (excludes halogenated alkanes) is 1. The van der Waals surface area contributed by atoms with E-state index in [2.05, 4.69) is 25.1 Å². The first kappa shape index (κ1) is 19.6. The van der Waals surface area contributed by atoms with E-state index in [1.165, 1.54) is 81.0 Å². The summed E-state index contributed by atoms with van der Waals surface area (Å²) in [6.07, 6.45) is 13.4. The molecule has 1 saturated carbocycles. The van der Waals surface area contributed by atoms with Gasteiger partial charge in [-0.25, -0.2) is 8.78 Å². The van der Waals surface area contributed by atoms with Crippen LogP contribution in [-0.4, -0.2) is 0 Å². The molecule has 2 aromatic carbocycles. The third-order valence-electron chi connectivity index (χ3n) is 7.25. The first-order valence-electron chi connectivity index (χ1n) is 11.2. The monoisotopic (exact) mass is 382 g/mol. The molecule has 28 heavy (non-hydrogen) atoms. The number of aryl methyl sites for hydroxylation is 1. The van der Waals surface area contributed by atoms with Crippen molar-refractivity contribution in [1.82, 2.24) is 0 Å². The van der Waals surface area contributed by atoms with Gasteiger partial charge in [0.15, 0.2) is 11.6 Å². The van der Waals surface area contributed by atoms with E-state index < -0.39 is 11.6 Å².